The number of hydrogen-bond donors (Lipinski definition) is 0. The van der Waals surface area contributed by atoms with Gasteiger partial charge < -0.3 is 4.40 Å². The number of benzene rings is 7. The van der Waals surface area contributed by atoms with Gasteiger partial charge in [0.2, 0.25) is 5.95 Å². The average Bonchev–Trinajstić information content (AvgIpc) is 3.74. The van der Waals surface area contributed by atoms with Crippen molar-refractivity contribution in [3.63, 3.8) is 0 Å². The second kappa shape index (κ2) is 10.4. The molecule has 0 fully saturated rings. The van der Waals surface area contributed by atoms with Crippen LogP contribution in [0.25, 0.3) is 99.1 Å². The van der Waals surface area contributed by atoms with Gasteiger partial charge in [0.05, 0.1) is 38.8 Å². The molecule has 11 rings (SSSR count). The predicted molar refractivity (Wildman–Crippen MR) is 208 cm³/mol. The van der Waals surface area contributed by atoms with Gasteiger partial charge in [0.15, 0.2) is 0 Å². The molecule has 0 spiro atoms. The monoisotopic (exact) mass is 636 g/mol. The van der Waals surface area contributed by atoms with Crippen LogP contribution >= 0.6 is 0 Å². The maximum absolute atomic E-state index is 5.39. The summed E-state index contributed by atoms with van der Waals surface area (Å²) in [6.07, 6.45) is 0. The molecule has 0 aliphatic heterocycles. The Kier molecular flexibility index (Phi) is 5.63. The number of hydrogen-bond acceptors (Lipinski definition) is 2. The second-order valence-corrected chi connectivity index (χ2v) is 13.0. The zero-order valence-corrected chi connectivity index (χ0v) is 27.0. The zero-order chi connectivity index (χ0) is 32.8. The fraction of sp³-hybridized carbons (Fsp3) is 0. The lowest BCUT2D eigenvalue weighted by atomic mass is 10.0. The summed E-state index contributed by atoms with van der Waals surface area (Å²) in [5.41, 5.74) is 11.0. The van der Waals surface area contributed by atoms with Crippen molar-refractivity contribution in [2.24, 2.45) is 0 Å². The average molecular weight is 637 g/mol. The topological polar surface area (TPSA) is 35.1 Å². The largest absolute Gasteiger partial charge is 0.309 e. The highest BCUT2D eigenvalue weighted by Crippen LogP contribution is 2.40. The number of nitrogens with zero attached hydrogens (tertiary/aromatic N) is 4. The lowest BCUT2D eigenvalue weighted by Crippen LogP contribution is -2.03. The molecule has 4 aromatic heterocycles. The molecular weight excluding hydrogens is 609 g/mol. The zero-order valence-electron chi connectivity index (χ0n) is 27.0. The summed E-state index contributed by atoms with van der Waals surface area (Å²) in [5, 5.41) is 8.34. The first kappa shape index (κ1) is 27.2. The van der Waals surface area contributed by atoms with Crippen LogP contribution in [0.3, 0.4) is 0 Å². The summed E-state index contributed by atoms with van der Waals surface area (Å²) in [5.74, 6) is 0.658. The molecule has 0 saturated carbocycles. The second-order valence-electron chi connectivity index (χ2n) is 13.0. The molecule has 4 heterocycles. The number of fused-ring (bicyclic) bond motifs is 12. The maximum atomic E-state index is 5.39. The van der Waals surface area contributed by atoms with Crippen LogP contribution < -0.4 is 0 Å². The van der Waals surface area contributed by atoms with E-state index in [1.165, 1.54) is 54.5 Å². The molecule has 0 amide bonds. The van der Waals surface area contributed by atoms with E-state index in [-0.39, 0.29) is 0 Å². The first-order valence-electron chi connectivity index (χ1n) is 17.0. The minimum absolute atomic E-state index is 0.658. The summed E-state index contributed by atoms with van der Waals surface area (Å²) >= 11 is 0. The van der Waals surface area contributed by atoms with E-state index in [2.05, 4.69) is 179 Å². The molecule has 232 valence electrons. The van der Waals surface area contributed by atoms with Gasteiger partial charge in [-0.25, -0.2) is 9.97 Å². The van der Waals surface area contributed by atoms with Gasteiger partial charge in [0.25, 0.3) is 0 Å². The Morgan fingerprint density at radius 2 is 0.920 bits per heavy atom. The van der Waals surface area contributed by atoms with Crippen molar-refractivity contribution in [3.8, 4) is 28.3 Å². The molecule has 0 atom stereocenters. The van der Waals surface area contributed by atoms with E-state index in [4.69, 9.17) is 9.97 Å². The molecule has 0 aliphatic rings. The maximum Gasteiger partial charge on any atom is 0.235 e. The minimum Gasteiger partial charge on any atom is -0.309 e. The molecule has 4 nitrogen and oxygen atoms in total. The highest BCUT2D eigenvalue weighted by atomic mass is 15.2. The molecule has 7 aromatic carbocycles. The number of aromatic nitrogens is 4. The fourth-order valence-electron chi connectivity index (χ4n) is 8.01. The molecular formula is C46H28N4. The SMILES string of the molecule is c1ccc(-c2ccc(-c3nc(-n4c5ccccc5c5cc6c7ccccc7c7cc8ccccc8n7c6cc54)nc4ccccc34)cc2)cc1. The smallest absolute Gasteiger partial charge is 0.235 e. The Morgan fingerprint density at radius 1 is 0.340 bits per heavy atom. The number of rotatable bonds is 3. The van der Waals surface area contributed by atoms with E-state index < -0.39 is 0 Å². The molecule has 0 N–H and O–H groups in total. The Labute approximate surface area is 287 Å². The van der Waals surface area contributed by atoms with Crippen LogP contribution in [0.15, 0.2) is 170 Å². The molecule has 4 heteroatoms. The van der Waals surface area contributed by atoms with Crippen LogP contribution in [-0.2, 0) is 0 Å². The lowest BCUT2D eigenvalue weighted by Gasteiger charge is -2.13. The summed E-state index contributed by atoms with van der Waals surface area (Å²) < 4.78 is 4.68. The fourth-order valence-corrected chi connectivity index (χ4v) is 8.01. The summed E-state index contributed by atoms with van der Waals surface area (Å²) in [4.78, 5) is 10.6. The molecule has 11 aromatic rings. The van der Waals surface area contributed by atoms with Gasteiger partial charge in [-0.1, -0.05) is 133 Å². The van der Waals surface area contributed by atoms with E-state index in [0.29, 0.717) is 5.95 Å². The first-order chi connectivity index (χ1) is 24.8. The summed E-state index contributed by atoms with van der Waals surface area (Å²) in [7, 11) is 0. The number of para-hydroxylation sites is 3. The molecule has 0 unspecified atom stereocenters. The summed E-state index contributed by atoms with van der Waals surface area (Å²) in [6, 6.07) is 60.7. The molecule has 0 saturated heterocycles. The third kappa shape index (κ3) is 3.87. The highest BCUT2D eigenvalue weighted by Gasteiger charge is 2.20. The van der Waals surface area contributed by atoms with Gasteiger partial charge in [0.1, 0.15) is 0 Å². The Morgan fingerprint density at radius 3 is 1.74 bits per heavy atom. The van der Waals surface area contributed by atoms with E-state index >= 15 is 0 Å². The van der Waals surface area contributed by atoms with Crippen molar-refractivity contribution in [1.29, 1.82) is 0 Å². The minimum atomic E-state index is 0.658. The quantitative estimate of drug-likeness (QED) is 0.181. The van der Waals surface area contributed by atoms with Gasteiger partial charge in [0, 0.05) is 37.9 Å². The van der Waals surface area contributed by atoms with Crippen LogP contribution in [0.5, 0.6) is 0 Å². The van der Waals surface area contributed by atoms with Crippen LogP contribution in [-0.4, -0.2) is 18.9 Å². The summed E-state index contributed by atoms with van der Waals surface area (Å²) in [6.45, 7) is 0. The molecule has 0 aliphatic carbocycles. The Balaban J connectivity index is 1.23. The lowest BCUT2D eigenvalue weighted by molar-refractivity contribution is 1.01. The van der Waals surface area contributed by atoms with E-state index in [0.717, 1.165) is 38.7 Å². The standard InChI is InChI=1S/C46H28N4/c1-2-12-29(13-3-1)30-22-24-31(25-23-30)45-36-18-7-9-19-39(36)47-46(48-45)50-41-21-11-8-17-35(41)38-27-37-33-15-5-6-16-34(33)42-26-32-14-4-10-20-40(32)49(42)43(37)28-44(38)50/h1-28H. The van der Waals surface area contributed by atoms with Crippen molar-refractivity contribution >= 4 is 70.8 Å². The van der Waals surface area contributed by atoms with E-state index in [1.54, 1.807) is 0 Å². The van der Waals surface area contributed by atoms with Crippen LogP contribution in [0.2, 0.25) is 0 Å². The Hall–Kier alpha value is -6.78. The van der Waals surface area contributed by atoms with Gasteiger partial charge >= 0.3 is 0 Å². The first-order valence-corrected chi connectivity index (χ1v) is 17.0. The van der Waals surface area contributed by atoms with Crippen LogP contribution in [0.1, 0.15) is 0 Å². The van der Waals surface area contributed by atoms with Crippen molar-refractivity contribution < 1.29 is 0 Å². The van der Waals surface area contributed by atoms with Gasteiger partial charge in [-0.15, -0.1) is 0 Å². The van der Waals surface area contributed by atoms with Crippen LogP contribution in [0.4, 0.5) is 0 Å². The van der Waals surface area contributed by atoms with Crippen molar-refractivity contribution in [3.05, 3.63) is 170 Å². The van der Waals surface area contributed by atoms with E-state index in [9.17, 15) is 0 Å². The van der Waals surface area contributed by atoms with Gasteiger partial charge in [-0.05, 0) is 52.9 Å². The predicted octanol–water partition coefficient (Wildman–Crippen LogP) is 11.8. The third-order valence-corrected chi connectivity index (χ3v) is 10.3. The van der Waals surface area contributed by atoms with Crippen LogP contribution in [0, 0.1) is 0 Å². The van der Waals surface area contributed by atoms with Gasteiger partial charge in [-0.2, -0.15) is 0 Å². The van der Waals surface area contributed by atoms with Crippen molar-refractivity contribution in [2.45, 2.75) is 0 Å². The number of pyridine rings is 1. The van der Waals surface area contributed by atoms with E-state index in [1.807, 2.05) is 0 Å². The normalized spacial score (nSPS) is 12.0. The Bertz CT molecular complexity index is 3130. The molecule has 0 bridgehead atoms. The van der Waals surface area contributed by atoms with Crippen molar-refractivity contribution in [1.82, 2.24) is 18.9 Å². The third-order valence-electron chi connectivity index (χ3n) is 10.3. The molecule has 0 radical (unpaired) electrons. The molecule has 50 heavy (non-hydrogen) atoms. The highest BCUT2D eigenvalue weighted by molar-refractivity contribution is 6.21. The van der Waals surface area contributed by atoms with Gasteiger partial charge in [-0.3, -0.25) is 4.57 Å². The van der Waals surface area contributed by atoms with Crippen molar-refractivity contribution in [2.75, 3.05) is 0 Å².